The van der Waals surface area contributed by atoms with Crippen LogP contribution in [0.15, 0.2) is 60.7 Å². The molecule has 0 aliphatic carbocycles. The monoisotopic (exact) mass is 479 g/mol. The molecule has 0 spiro atoms. The fourth-order valence-electron chi connectivity index (χ4n) is 4.01. The summed E-state index contributed by atoms with van der Waals surface area (Å²) in [6.45, 7) is 3.85. The number of halogens is 1. The Balaban J connectivity index is 1.40. The number of hydrogen-bond acceptors (Lipinski definition) is 5. The fourth-order valence-corrected chi connectivity index (χ4v) is 4.20. The quantitative estimate of drug-likeness (QED) is 0.317. The molecule has 1 atom stereocenters. The number of thiocarbonyl (C=S) groups is 1. The lowest BCUT2D eigenvalue weighted by atomic mass is 10.0. The Morgan fingerprint density at radius 2 is 1.91 bits per heavy atom. The van der Waals surface area contributed by atoms with Crippen LogP contribution in [0, 0.1) is 5.82 Å². The second-order valence-electron chi connectivity index (χ2n) is 8.45. The van der Waals surface area contributed by atoms with Crippen LogP contribution in [0.25, 0.3) is 0 Å². The van der Waals surface area contributed by atoms with Crippen molar-refractivity contribution in [2.24, 2.45) is 0 Å². The second kappa shape index (κ2) is 11.7. The number of hydrogen-bond donors (Lipinski definition) is 2. The van der Waals surface area contributed by atoms with Gasteiger partial charge in [-0.15, -0.1) is 0 Å². The fraction of sp³-hybridized carbons (Fsp3) is 0.346. The van der Waals surface area contributed by atoms with E-state index in [9.17, 15) is 4.39 Å². The maximum absolute atomic E-state index is 13.0. The first-order valence-corrected chi connectivity index (χ1v) is 12.2. The molecule has 1 aliphatic rings. The Kier molecular flexibility index (Phi) is 8.25. The summed E-state index contributed by atoms with van der Waals surface area (Å²) in [7, 11) is 0. The molecule has 6 nitrogen and oxygen atoms in total. The highest BCUT2D eigenvalue weighted by molar-refractivity contribution is 7.80. The Morgan fingerprint density at radius 1 is 1.12 bits per heavy atom. The third-order valence-corrected chi connectivity index (χ3v) is 6.06. The van der Waals surface area contributed by atoms with E-state index in [2.05, 4.69) is 27.4 Å². The second-order valence-corrected chi connectivity index (χ2v) is 8.86. The summed E-state index contributed by atoms with van der Waals surface area (Å²) < 4.78 is 19.1. The molecule has 8 heteroatoms. The standard InChI is InChI=1S/C26H30FN5OS/c1-19-8-5-6-17-32(19)23-18-24(33-22-10-3-2-4-11-22)30-25(29-23)31-26(34)28-16-7-9-20-12-14-21(27)15-13-20/h2-4,10-15,18-19H,5-9,16-17H2,1H3,(H2,28,29,30,31,34). The topological polar surface area (TPSA) is 62.3 Å². The van der Waals surface area contributed by atoms with E-state index < -0.39 is 0 Å². The average molecular weight is 480 g/mol. The van der Waals surface area contributed by atoms with Gasteiger partial charge in [-0.25, -0.2) is 4.39 Å². The highest BCUT2D eigenvalue weighted by Gasteiger charge is 2.21. The molecule has 4 rings (SSSR count). The molecule has 0 bridgehead atoms. The summed E-state index contributed by atoms with van der Waals surface area (Å²) in [4.78, 5) is 11.6. The molecule has 2 N–H and O–H groups in total. The Morgan fingerprint density at radius 3 is 2.68 bits per heavy atom. The van der Waals surface area contributed by atoms with Crippen LogP contribution < -0.4 is 20.3 Å². The van der Waals surface area contributed by atoms with Crippen molar-refractivity contribution in [2.75, 3.05) is 23.3 Å². The Labute approximate surface area is 205 Å². The highest BCUT2D eigenvalue weighted by Crippen LogP contribution is 2.28. The van der Waals surface area contributed by atoms with Gasteiger partial charge >= 0.3 is 0 Å². The van der Waals surface area contributed by atoms with Gasteiger partial charge in [0.25, 0.3) is 0 Å². The van der Waals surface area contributed by atoms with Gasteiger partial charge in [0.2, 0.25) is 11.8 Å². The lowest BCUT2D eigenvalue weighted by Crippen LogP contribution is -2.38. The molecule has 0 amide bonds. The number of aromatic nitrogens is 2. The van der Waals surface area contributed by atoms with E-state index in [1.165, 1.54) is 18.6 Å². The summed E-state index contributed by atoms with van der Waals surface area (Å²) in [5, 5.41) is 6.76. The van der Waals surface area contributed by atoms with Crippen molar-refractivity contribution in [3.8, 4) is 11.6 Å². The number of nitrogens with zero attached hydrogens (tertiary/aromatic N) is 3. The molecule has 3 aromatic rings. The van der Waals surface area contributed by atoms with E-state index >= 15 is 0 Å². The first kappa shape index (κ1) is 23.9. The highest BCUT2D eigenvalue weighted by atomic mass is 32.1. The van der Waals surface area contributed by atoms with Crippen molar-refractivity contribution in [1.29, 1.82) is 0 Å². The van der Waals surface area contributed by atoms with Crippen LogP contribution in [0.5, 0.6) is 11.6 Å². The zero-order valence-corrected chi connectivity index (χ0v) is 20.2. The van der Waals surface area contributed by atoms with Gasteiger partial charge in [0, 0.05) is 25.2 Å². The third kappa shape index (κ3) is 6.87. The van der Waals surface area contributed by atoms with E-state index in [0.29, 0.717) is 35.3 Å². The summed E-state index contributed by atoms with van der Waals surface area (Å²) >= 11 is 5.47. The minimum absolute atomic E-state index is 0.218. The van der Waals surface area contributed by atoms with Crippen LogP contribution in [0.3, 0.4) is 0 Å². The molecular weight excluding hydrogens is 449 g/mol. The van der Waals surface area contributed by atoms with E-state index in [4.69, 9.17) is 21.9 Å². The average Bonchev–Trinajstić information content (AvgIpc) is 2.84. The molecular formula is C26H30FN5OS. The maximum Gasteiger partial charge on any atom is 0.234 e. The van der Waals surface area contributed by atoms with Gasteiger partial charge in [-0.1, -0.05) is 30.3 Å². The van der Waals surface area contributed by atoms with Gasteiger partial charge in [-0.3, -0.25) is 0 Å². The SMILES string of the molecule is CC1CCCCN1c1cc(Oc2ccccc2)nc(NC(=S)NCCCc2ccc(F)cc2)n1. The maximum atomic E-state index is 13.0. The van der Waals surface area contributed by atoms with Crippen molar-refractivity contribution < 1.29 is 9.13 Å². The normalized spacial score (nSPS) is 15.6. The molecule has 178 valence electrons. The van der Waals surface area contributed by atoms with Crippen molar-refractivity contribution in [3.05, 3.63) is 72.0 Å². The van der Waals surface area contributed by atoms with Crippen LogP contribution in [0.2, 0.25) is 0 Å². The lowest BCUT2D eigenvalue weighted by Gasteiger charge is -2.34. The summed E-state index contributed by atoms with van der Waals surface area (Å²) in [5.74, 6) is 2.19. The lowest BCUT2D eigenvalue weighted by molar-refractivity contribution is 0.457. The number of anilines is 2. The van der Waals surface area contributed by atoms with E-state index in [1.807, 2.05) is 36.4 Å². The number of benzene rings is 2. The van der Waals surface area contributed by atoms with Gasteiger partial charge in [0.05, 0.1) is 0 Å². The molecule has 2 heterocycles. The number of piperidine rings is 1. The molecule has 1 saturated heterocycles. The number of rotatable bonds is 8. The first-order chi connectivity index (χ1) is 16.6. The van der Waals surface area contributed by atoms with Gasteiger partial charge in [0.1, 0.15) is 17.4 Å². The van der Waals surface area contributed by atoms with Crippen molar-refractivity contribution >= 4 is 29.1 Å². The Bertz CT molecular complexity index is 1080. The minimum Gasteiger partial charge on any atom is -0.439 e. The zero-order chi connectivity index (χ0) is 23.8. The van der Waals surface area contributed by atoms with E-state index in [-0.39, 0.29) is 5.82 Å². The number of para-hydroxylation sites is 1. The van der Waals surface area contributed by atoms with Crippen LogP contribution in [-0.2, 0) is 6.42 Å². The number of aryl methyl sites for hydroxylation is 1. The molecule has 1 fully saturated rings. The largest absolute Gasteiger partial charge is 0.439 e. The van der Waals surface area contributed by atoms with Crippen LogP contribution in [-0.4, -0.2) is 34.2 Å². The molecule has 0 radical (unpaired) electrons. The van der Waals surface area contributed by atoms with Crippen molar-refractivity contribution in [2.45, 2.75) is 45.1 Å². The van der Waals surface area contributed by atoms with Gasteiger partial charge in [-0.05, 0) is 81.1 Å². The molecule has 1 unspecified atom stereocenters. The van der Waals surface area contributed by atoms with E-state index in [1.54, 1.807) is 12.1 Å². The molecule has 2 aromatic carbocycles. The predicted molar refractivity (Wildman–Crippen MR) is 138 cm³/mol. The zero-order valence-electron chi connectivity index (χ0n) is 19.3. The number of nitrogens with one attached hydrogen (secondary N) is 2. The predicted octanol–water partition coefficient (Wildman–Crippen LogP) is 5.71. The van der Waals surface area contributed by atoms with E-state index in [0.717, 1.165) is 43.6 Å². The smallest absolute Gasteiger partial charge is 0.234 e. The summed E-state index contributed by atoms with van der Waals surface area (Å²) in [6.07, 6.45) is 5.20. The van der Waals surface area contributed by atoms with Crippen LogP contribution in [0.4, 0.5) is 16.2 Å². The van der Waals surface area contributed by atoms with Crippen molar-refractivity contribution in [3.63, 3.8) is 0 Å². The third-order valence-electron chi connectivity index (χ3n) is 5.82. The van der Waals surface area contributed by atoms with Gasteiger partial charge in [0.15, 0.2) is 5.11 Å². The molecule has 34 heavy (non-hydrogen) atoms. The molecule has 1 aliphatic heterocycles. The van der Waals surface area contributed by atoms with Gasteiger partial charge in [-0.2, -0.15) is 9.97 Å². The molecule has 0 saturated carbocycles. The number of ether oxygens (including phenoxy) is 1. The Hall–Kier alpha value is -3.26. The van der Waals surface area contributed by atoms with Crippen LogP contribution >= 0.6 is 12.2 Å². The van der Waals surface area contributed by atoms with Gasteiger partial charge < -0.3 is 20.3 Å². The summed E-state index contributed by atoms with van der Waals surface area (Å²) in [6, 6.07) is 18.5. The van der Waals surface area contributed by atoms with Crippen LogP contribution in [0.1, 0.15) is 38.2 Å². The summed E-state index contributed by atoms with van der Waals surface area (Å²) in [5.41, 5.74) is 1.09. The van der Waals surface area contributed by atoms with Crippen molar-refractivity contribution in [1.82, 2.24) is 15.3 Å². The molecule has 1 aromatic heterocycles. The first-order valence-electron chi connectivity index (χ1n) is 11.7. The minimum atomic E-state index is -0.218.